The molecule has 0 spiro atoms. The smallest absolute Gasteiger partial charge is 0.239 e. The number of nitrogens with zero attached hydrogens (tertiary/aromatic N) is 3. The molecule has 0 saturated heterocycles. The first-order valence-corrected chi connectivity index (χ1v) is 18.1. The van der Waals surface area contributed by atoms with E-state index in [0.29, 0.717) is 43.8 Å². The summed E-state index contributed by atoms with van der Waals surface area (Å²) in [5, 5.41) is 16.7. The number of unbranched alkanes of at least 4 members (excludes halogenated alkanes) is 3. The molecule has 16 heteroatoms. The van der Waals surface area contributed by atoms with Crippen molar-refractivity contribution >= 4 is 63.1 Å². The lowest BCUT2D eigenvalue weighted by Crippen LogP contribution is -2.44. The molecule has 284 valence electrons. The molecule has 3 rings (SSSR count). The molecule has 2 aromatic heterocycles. The number of hydrogen-bond acceptors (Lipinski definition) is 10. The molecule has 16 nitrogen and oxygen atoms in total. The minimum absolute atomic E-state index is 0.0294. The highest BCUT2D eigenvalue weighted by molar-refractivity contribution is 6.06. The Morgan fingerprint density at radius 1 is 0.750 bits per heavy atom. The summed E-state index contributed by atoms with van der Waals surface area (Å²) in [6.07, 6.45) is 6.41. The van der Waals surface area contributed by atoms with Gasteiger partial charge in [-0.25, -0.2) is 9.97 Å². The van der Waals surface area contributed by atoms with E-state index in [4.69, 9.17) is 10.7 Å². The van der Waals surface area contributed by atoms with Gasteiger partial charge in [0.2, 0.25) is 29.5 Å². The summed E-state index contributed by atoms with van der Waals surface area (Å²) in [7, 11) is 1.73. The second kappa shape index (κ2) is 22.0. The molecule has 3 aromatic rings. The summed E-state index contributed by atoms with van der Waals surface area (Å²) in [5.74, 6) is -0.794. The second-order valence-electron chi connectivity index (χ2n) is 12.7. The molecule has 1 aromatic carbocycles. The van der Waals surface area contributed by atoms with Gasteiger partial charge in [0.25, 0.3) is 0 Å². The molecule has 0 fully saturated rings. The van der Waals surface area contributed by atoms with Crippen LogP contribution in [-0.4, -0.2) is 95.7 Å². The lowest BCUT2D eigenvalue weighted by molar-refractivity contribution is -0.129. The van der Waals surface area contributed by atoms with Crippen molar-refractivity contribution in [2.45, 2.75) is 90.6 Å². The third kappa shape index (κ3) is 13.5. The van der Waals surface area contributed by atoms with Crippen LogP contribution in [0.2, 0.25) is 0 Å². The van der Waals surface area contributed by atoms with Crippen molar-refractivity contribution in [2.24, 2.45) is 0 Å². The number of para-hydroxylation sites is 1. The van der Waals surface area contributed by atoms with E-state index in [1.165, 1.54) is 6.92 Å². The van der Waals surface area contributed by atoms with Crippen molar-refractivity contribution < 1.29 is 28.8 Å². The summed E-state index contributed by atoms with van der Waals surface area (Å²) in [6.45, 7) is 4.29. The summed E-state index contributed by atoms with van der Waals surface area (Å²) in [5.41, 5.74) is 8.80. The van der Waals surface area contributed by atoms with Gasteiger partial charge in [-0.1, -0.05) is 31.5 Å². The molecule has 5 amide bonds. The van der Waals surface area contributed by atoms with E-state index in [-0.39, 0.29) is 56.1 Å². The van der Waals surface area contributed by atoms with Gasteiger partial charge < -0.3 is 42.2 Å². The van der Waals surface area contributed by atoms with Crippen LogP contribution in [0.5, 0.6) is 0 Å². The Bertz CT molecular complexity index is 1690. The first-order valence-electron chi connectivity index (χ1n) is 18.1. The highest BCUT2D eigenvalue weighted by Gasteiger charge is 2.17. The predicted octanol–water partition coefficient (Wildman–Crippen LogP) is 0.998. The number of nitrogens with two attached hydrogens (primary N) is 1. The van der Waals surface area contributed by atoms with Crippen LogP contribution in [0.15, 0.2) is 24.3 Å². The second-order valence-corrected chi connectivity index (χ2v) is 12.7. The standard InChI is InChI=1S/C36H54N10O6/c1-4-5-15-28-45-34-35(25-12-6-7-14-27(25)44-36(34)37)46(28)20-11-10-19-39-29(48)16-17-30(49)41-22-32(51)43-23-33(52)42-21-31(50)40-18-9-8-13-26(38-3)24(2)47/h6-7,12,14,26,38H,4-5,8-11,13,15-23H2,1-3H3,(H2,37,44)(H,39,48)(H,40,50)(H,41,49)(H,42,52)(H,43,51). The van der Waals surface area contributed by atoms with Crippen LogP contribution >= 0.6 is 0 Å². The number of pyridine rings is 1. The minimum Gasteiger partial charge on any atom is -0.382 e. The fourth-order valence-electron chi connectivity index (χ4n) is 5.67. The number of carbonyl (C=O) groups excluding carboxylic acids is 6. The fraction of sp³-hybridized carbons (Fsp3) is 0.556. The van der Waals surface area contributed by atoms with Gasteiger partial charge in [0, 0.05) is 44.3 Å². The van der Waals surface area contributed by atoms with Crippen LogP contribution in [-0.2, 0) is 41.7 Å². The maximum absolute atomic E-state index is 12.3. The quantitative estimate of drug-likeness (QED) is 0.0649. The number of Topliss-reactive ketones (excluding diaryl/α,β-unsaturated/α-hetero) is 1. The number of benzene rings is 1. The van der Waals surface area contributed by atoms with Crippen LogP contribution in [0.1, 0.15) is 77.5 Å². The SMILES string of the molecule is CCCCc1nc2c(N)nc3ccccc3c2n1CCCCNC(=O)CCC(=O)NCC(=O)NCC(=O)NCC(=O)NCCCCC(NC)C(C)=O. The first-order chi connectivity index (χ1) is 25.0. The van der Waals surface area contributed by atoms with E-state index in [2.05, 4.69) is 48.4 Å². The number of rotatable bonds is 24. The van der Waals surface area contributed by atoms with E-state index < -0.39 is 17.7 Å². The van der Waals surface area contributed by atoms with Gasteiger partial charge in [-0.05, 0) is 58.6 Å². The van der Waals surface area contributed by atoms with Gasteiger partial charge >= 0.3 is 0 Å². The summed E-state index contributed by atoms with van der Waals surface area (Å²) < 4.78 is 2.23. The Morgan fingerprint density at radius 2 is 1.33 bits per heavy atom. The lowest BCUT2D eigenvalue weighted by atomic mass is 10.1. The van der Waals surface area contributed by atoms with E-state index in [1.807, 2.05) is 24.3 Å². The van der Waals surface area contributed by atoms with Gasteiger partial charge in [-0.3, -0.25) is 28.8 Å². The number of amides is 5. The third-order valence-corrected chi connectivity index (χ3v) is 8.57. The highest BCUT2D eigenvalue weighted by atomic mass is 16.2. The van der Waals surface area contributed by atoms with Crippen molar-refractivity contribution in [2.75, 3.05) is 45.5 Å². The monoisotopic (exact) mass is 722 g/mol. The lowest BCUT2D eigenvalue weighted by Gasteiger charge is -2.12. The number of aryl methyl sites for hydroxylation is 2. The largest absolute Gasteiger partial charge is 0.382 e. The number of ketones is 1. The van der Waals surface area contributed by atoms with Gasteiger partial charge in [-0.15, -0.1) is 0 Å². The van der Waals surface area contributed by atoms with Crippen molar-refractivity contribution in [3.8, 4) is 0 Å². The summed E-state index contributed by atoms with van der Waals surface area (Å²) in [4.78, 5) is 81.3. The molecule has 0 radical (unpaired) electrons. The van der Waals surface area contributed by atoms with Crippen LogP contribution in [0, 0.1) is 0 Å². The number of hydrogen-bond donors (Lipinski definition) is 7. The van der Waals surface area contributed by atoms with Gasteiger partial charge in [0.15, 0.2) is 5.82 Å². The topological polar surface area (TPSA) is 231 Å². The molecule has 0 aliphatic heterocycles. The third-order valence-electron chi connectivity index (χ3n) is 8.57. The van der Waals surface area contributed by atoms with Crippen LogP contribution in [0.4, 0.5) is 5.82 Å². The molecule has 1 unspecified atom stereocenters. The Balaban J connectivity index is 1.26. The van der Waals surface area contributed by atoms with Crippen molar-refractivity contribution in [3.05, 3.63) is 30.1 Å². The zero-order valence-corrected chi connectivity index (χ0v) is 30.6. The number of aromatic nitrogens is 3. The van der Waals surface area contributed by atoms with Gasteiger partial charge in [-0.2, -0.15) is 0 Å². The molecule has 0 bridgehead atoms. The van der Waals surface area contributed by atoms with Crippen molar-refractivity contribution in [1.82, 2.24) is 46.4 Å². The maximum atomic E-state index is 12.3. The van der Waals surface area contributed by atoms with Crippen molar-refractivity contribution in [3.63, 3.8) is 0 Å². The number of fused-ring (bicyclic) bond motifs is 3. The molecule has 52 heavy (non-hydrogen) atoms. The Labute approximate surface area is 304 Å². The zero-order chi connectivity index (χ0) is 37.9. The van der Waals surface area contributed by atoms with E-state index in [1.54, 1.807) is 7.05 Å². The Morgan fingerprint density at radius 3 is 1.96 bits per heavy atom. The molecular formula is C36H54N10O6. The zero-order valence-electron chi connectivity index (χ0n) is 30.6. The van der Waals surface area contributed by atoms with Gasteiger partial charge in [0.1, 0.15) is 17.1 Å². The molecule has 0 saturated carbocycles. The van der Waals surface area contributed by atoms with E-state index in [9.17, 15) is 28.8 Å². The molecule has 2 heterocycles. The van der Waals surface area contributed by atoms with Crippen molar-refractivity contribution in [1.29, 1.82) is 0 Å². The normalized spacial score (nSPS) is 11.6. The minimum atomic E-state index is -0.585. The maximum Gasteiger partial charge on any atom is 0.239 e. The Hall–Kier alpha value is -5.12. The number of nitrogen functional groups attached to an aromatic ring is 1. The Kier molecular flexibility index (Phi) is 17.4. The number of imidazole rings is 1. The molecule has 1 atom stereocenters. The number of likely N-dealkylation sites (N-methyl/N-ethyl adjacent to an activating group) is 1. The predicted molar refractivity (Wildman–Crippen MR) is 199 cm³/mol. The first kappa shape index (κ1) is 41.3. The summed E-state index contributed by atoms with van der Waals surface area (Å²) >= 11 is 0. The van der Waals surface area contributed by atoms with Crippen LogP contribution in [0.3, 0.4) is 0 Å². The number of nitrogens with one attached hydrogen (secondary N) is 6. The van der Waals surface area contributed by atoms with E-state index >= 15 is 0 Å². The molecular weight excluding hydrogens is 668 g/mol. The fourth-order valence-corrected chi connectivity index (χ4v) is 5.67. The highest BCUT2D eigenvalue weighted by Crippen LogP contribution is 2.29. The number of anilines is 1. The molecule has 8 N–H and O–H groups in total. The van der Waals surface area contributed by atoms with Crippen LogP contribution in [0.25, 0.3) is 21.9 Å². The van der Waals surface area contributed by atoms with Crippen LogP contribution < -0.4 is 37.6 Å². The molecule has 0 aliphatic rings. The number of carbonyl (C=O) groups is 6. The molecule has 0 aliphatic carbocycles. The van der Waals surface area contributed by atoms with E-state index in [0.717, 1.165) is 60.8 Å². The average molecular weight is 723 g/mol. The summed E-state index contributed by atoms with van der Waals surface area (Å²) in [6, 6.07) is 7.69. The van der Waals surface area contributed by atoms with Gasteiger partial charge in [0.05, 0.1) is 36.7 Å². The average Bonchev–Trinajstić information content (AvgIpc) is 3.50.